The molecule has 1 aliphatic carbocycles. The monoisotopic (exact) mass is 311 g/mol. The van der Waals surface area contributed by atoms with Gasteiger partial charge in [-0.25, -0.2) is 4.98 Å². The number of rotatable bonds is 2. The third-order valence-electron chi connectivity index (χ3n) is 3.42. The van der Waals surface area contributed by atoms with Gasteiger partial charge >= 0.3 is 6.18 Å². The van der Waals surface area contributed by atoms with Gasteiger partial charge in [0, 0.05) is 17.3 Å². The molecule has 0 radical (unpaired) electrons. The molecule has 0 saturated carbocycles. The molecule has 0 fully saturated rings. The zero-order valence-electron chi connectivity index (χ0n) is 11.2. The van der Waals surface area contributed by atoms with Gasteiger partial charge in [0.05, 0.1) is 5.56 Å². The van der Waals surface area contributed by atoms with E-state index < -0.39 is 11.7 Å². The summed E-state index contributed by atoms with van der Waals surface area (Å²) in [6.45, 7) is 0. The minimum atomic E-state index is -4.47. The first-order chi connectivity index (χ1) is 10.4. The molecule has 116 valence electrons. The van der Waals surface area contributed by atoms with Crippen molar-refractivity contribution in [3.63, 3.8) is 0 Å². The van der Waals surface area contributed by atoms with Crippen molar-refractivity contribution in [2.24, 2.45) is 0 Å². The van der Waals surface area contributed by atoms with Crippen LogP contribution in [0.4, 0.5) is 19.0 Å². The lowest BCUT2D eigenvalue weighted by Gasteiger charge is -2.11. The average Bonchev–Trinajstić information content (AvgIpc) is 2.73. The number of anilines is 1. The minimum absolute atomic E-state index is 0.0647. The summed E-state index contributed by atoms with van der Waals surface area (Å²) in [4.78, 5) is 3.64. The normalized spacial score (nSPS) is 14.0. The average molecular weight is 311 g/mol. The second kappa shape index (κ2) is 4.97. The van der Waals surface area contributed by atoms with Gasteiger partial charge < -0.3 is 10.2 Å². The molecule has 2 aromatic heterocycles. The van der Waals surface area contributed by atoms with Crippen LogP contribution in [0.1, 0.15) is 23.1 Å². The molecule has 3 rings (SSSR count). The SMILES string of the molecule is Oc1c2c(c(O)n1Nc1ccc(C(F)(F)F)cn1)CCC=C2. The first kappa shape index (κ1) is 14.3. The molecule has 2 aromatic rings. The standard InChI is InChI=1S/C14H12F3N3O2/c15-14(16,17)8-5-6-11(18-7-8)19-20-12(21)9-3-1-2-4-10(9)13(20)22/h1,3,5-7,21-22H,2,4H2,(H,18,19). The number of hydrogen-bond donors (Lipinski definition) is 3. The zero-order valence-corrected chi connectivity index (χ0v) is 11.2. The van der Waals surface area contributed by atoms with Crippen LogP contribution in [0.25, 0.3) is 6.08 Å². The van der Waals surface area contributed by atoms with Gasteiger partial charge in [-0.3, -0.25) is 5.43 Å². The van der Waals surface area contributed by atoms with Crippen LogP contribution in [-0.4, -0.2) is 19.9 Å². The maximum absolute atomic E-state index is 12.5. The molecule has 0 aliphatic heterocycles. The highest BCUT2D eigenvalue weighted by Gasteiger charge is 2.30. The highest BCUT2D eigenvalue weighted by Crippen LogP contribution is 2.37. The van der Waals surface area contributed by atoms with Crippen molar-refractivity contribution in [1.82, 2.24) is 9.66 Å². The van der Waals surface area contributed by atoms with Crippen molar-refractivity contribution < 1.29 is 23.4 Å². The van der Waals surface area contributed by atoms with Crippen LogP contribution in [0, 0.1) is 0 Å². The molecule has 3 N–H and O–H groups in total. The molecular weight excluding hydrogens is 299 g/mol. The van der Waals surface area contributed by atoms with E-state index in [1.165, 1.54) is 0 Å². The Hall–Kier alpha value is -2.64. The molecule has 5 nitrogen and oxygen atoms in total. The first-order valence-electron chi connectivity index (χ1n) is 6.50. The van der Waals surface area contributed by atoms with E-state index in [0.29, 0.717) is 23.7 Å². The van der Waals surface area contributed by atoms with Gasteiger partial charge in [0.25, 0.3) is 0 Å². The fourth-order valence-electron chi connectivity index (χ4n) is 2.31. The van der Waals surface area contributed by atoms with Crippen LogP contribution in [0.15, 0.2) is 24.4 Å². The van der Waals surface area contributed by atoms with Gasteiger partial charge in [-0.1, -0.05) is 12.2 Å². The smallest absolute Gasteiger partial charge is 0.417 e. The van der Waals surface area contributed by atoms with Gasteiger partial charge in [-0.15, -0.1) is 0 Å². The van der Waals surface area contributed by atoms with Gasteiger partial charge in [-0.05, 0) is 25.0 Å². The maximum Gasteiger partial charge on any atom is 0.417 e. The Balaban J connectivity index is 1.91. The van der Waals surface area contributed by atoms with Crippen LogP contribution in [0.3, 0.4) is 0 Å². The largest absolute Gasteiger partial charge is 0.493 e. The van der Waals surface area contributed by atoms with Crippen LogP contribution < -0.4 is 5.43 Å². The van der Waals surface area contributed by atoms with Crippen molar-refractivity contribution in [2.45, 2.75) is 19.0 Å². The molecule has 0 bridgehead atoms. The van der Waals surface area contributed by atoms with Gasteiger partial charge in [0.2, 0.25) is 11.8 Å². The number of aromatic nitrogens is 2. The van der Waals surface area contributed by atoms with E-state index in [-0.39, 0.29) is 17.6 Å². The summed E-state index contributed by atoms with van der Waals surface area (Å²) in [7, 11) is 0. The number of nitrogens with zero attached hydrogens (tertiary/aromatic N) is 2. The van der Waals surface area contributed by atoms with E-state index in [1.807, 2.05) is 6.08 Å². The zero-order chi connectivity index (χ0) is 15.9. The Morgan fingerprint density at radius 2 is 1.95 bits per heavy atom. The Morgan fingerprint density at radius 3 is 2.55 bits per heavy atom. The highest BCUT2D eigenvalue weighted by atomic mass is 19.4. The molecule has 0 spiro atoms. The quantitative estimate of drug-likeness (QED) is 0.797. The van der Waals surface area contributed by atoms with Crippen LogP contribution >= 0.6 is 0 Å². The number of alkyl halides is 3. The van der Waals surface area contributed by atoms with Crippen molar-refractivity contribution in [3.8, 4) is 11.8 Å². The molecule has 0 atom stereocenters. The van der Waals surface area contributed by atoms with E-state index in [9.17, 15) is 23.4 Å². The Bertz CT molecular complexity index is 733. The van der Waals surface area contributed by atoms with E-state index in [1.54, 1.807) is 6.08 Å². The summed E-state index contributed by atoms with van der Waals surface area (Å²) in [5.74, 6) is -0.335. The summed E-state index contributed by atoms with van der Waals surface area (Å²) >= 11 is 0. The molecule has 22 heavy (non-hydrogen) atoms. The molecule has 1 aliphatic rings. The van der Waals surface area contributed by atoms with E-state index >= 15 is 0 Å². The number of halogens is 3. The van der Waals surface area contributed by atoms with Crippen molar-refractivity contribution in [2.75, 3.05) is 5.43 Å². The fraction of sp³-hybridized carbons (Fsp3) is 0.214. The maximum atomic E-state index is 12.5. The molecule has 8 heteroatoms. The van der Waals surface area contributed by atoms with E-state index in [4.69, 9.17) is 0 Å². The molecule has 2 heterocycles. The predicted molar refractivity (Wildman–Crippen MR) is 73.4 cm³/mol. The van der Waals surface area contributed by atoms with E-state index in [0.717, 1.165) is 23.2 Å². The number of hydrogen-bond acceptors (Lipinski definition) is 4. The van der Waals surface area contributed by atoms with Crippen LogP contribution in [0.5, 0.6) is 11.8 Å². The van der Waals surface area contributed by atoms with E-state index in [2.05, 4.69) is 10.4 Å². The summed E-state index contributed by atoms with van der Waals surface area (Å²) in [5.41, 5.74) is 2.78. The molecule has 0 saturated heterocycles. The van der Waals surface area contributed by atoms with Crippen molar-refractivity contribution >= 4 is 11.9 Å². The topological polar surface area (TPSA) is 70.3 Å². The number of pyridine rings is 1. The number of fused-ring (bicyclic) bond motifs is 1. The Morgan fingerprint density at radius 1 is 1.18 bits per heavy atom. The van der Waals surface area contributed by atoms with Crippen LogP contribution in [0.2, 0.25) is 0 Å². The molecule has 0 unspecified atom stereocenters. The molecule has 0 amide bonds. The highest BCUT2D eigenvalue weighted by molar-refractivity contribution is 5.66. The number of nitrogens with one attached hydrogen (secondary N) is 1. The summed E-state index contributed by atoms with van der Waals surface area (Å²) in [6.07, 6.45) is 1.07. The Kier molecular flexibility index (Phi) is 3.23. The van der Waals surface area contributed by atoms with Gasteiger partial charge in [-0.2, -0.15) is 17.8 Å². The summed E-state index contributed by atoms with van der Waals surface area (Å²) in [6, 6.07) is 1.99. The van der Waals surface area contributed by atoms with Crippen molar-refractivity contribution in [3.05, 3.63) is 41.1 Å². The Labute approximate surface area is 123 Å². The first-order valence-corrected chi connectivity index (χ1v) is 6.50. The second-order valence-electron chi connectivity index (χ2n) is 4.86. The van der Waals surface area contributed by atoms with Gasteiger partial charge in [0.15, 0.2) is 0 Å². The fourth-order valence-corrected chi connectivity index (χ4v) is 2.31. The molecule has 0 aromatic carbocycles. The summed E-state index contributed by atoms with van der Waals surface area (Å²) < 4.78 is 38.4. The lowest BCUT2D eigenvalue weighted by Crippen LogP contribution is -2.11. The second-order valence-corrected chi connectivity index (χ2v) is 4.86. The predicted octanol–water partition coefficient (Wildman–Crippen LogP) is 3.15. The molecular formula is C14H12F3N3O2. The van der Waals surface area contributed by atoms with Crippen molar-refractivity contribution in [1.29, 1.82) is 0 Å². The lowest BCUT2D eigenvalue weighted by molar-refractivity contribution is -0.137. The third-order valence-corrected chi connectivity index (χ3v) is 3.42. The lowest BCUT2D eigenvalue weighted by atomic mass is 10.0. The van der Waals surface area contributed by atoms with Gasteiger partial charge in [0.1, 0.15) is 5.82 Å². The minimum Gasteiger partial charge on any atom is -0.493 e. The third kappa shape index (κ3) is 2.36. The number of allylic oxidation sites excluding steroid dienone is 1. The number of aromatic hydroxyl groups is 2. The van der Waals surface area contributed by atoms with Crippen LogP contribution in [-0.2, 0) is 12.6 Å². The summed E-state index contributed by atoms with van der Waals surface area (Å²) in [5, 5.41) is 20.2.